The van der Waals surface area contributed by atoms with Crippen molar-refractivity contribution in [2.24, 2.45) is 0 Å². The van der Waals surface area contributed by atoms with Crippen LogP contribution in [0.5, 0.6) is 0 Å². The Kier molecular flexibility index (Phi) is 6.47. The first-order valence-corrected chi connectivity index (χ1v) is 15.9. The van der Waals surface area contributed by atoms with Crippen molar-refractivity contribution in [2.75, 3.05) is 0 Å². The van der Waals surface area contributed by atoms with Crippen LogP contribution in [0.4, 0.5) is 0 Å². The zero-order chi connectivity index (χ0) is 29.5. The van der Waals surface area contributed by atoms with Crippen LogP contribution in [0.3, 0.4) is 0 Å². The summed E-state index contributed by atoms with van der Waals surface area (Å²) in [5.41, 5.74) is 9.34. The summed E-state index contributed by atoms with van der Waals surface area (Å²) in [6.07, 6.45) is 0. The number of furan rings is 1. The van der Waals surface area contributed by atoms with E-state index in [0.29, 0.717) is 0 Å². The van der Waals surface area contributed by atoms with Gasteiger partial charge in [-0.25, -0.2) is 5.56 Å². The van der Waals surface area contributed by atoms with E-state index in [0.717, 1.165) is 49.9 Å². The van der Waals surface area contributed by atoms with E-state index in [1.165, 1.54) is 42.0 Å². The van der Waals surface area contributed by atoms with E-state index < -0.39 is 0 Å². The molecule has 0 unspecified atom stereocenters. The van der Waals surface area contributed by atoms with E-state index >= 15 is 0 Å². The van der Waals surface area contributed by atoms with Crippen LogP contribution >= 0.6 is 11.3 Å². The molecule has 2 nitrogen and oxygen atoms in total. The van der Waals surface area contributed by atoms with E-state index in [-0.39, 0.29) is 31.1 Å². The van der Waals surface area contributed by atoms with Crippen molar-refractivity contribution in [3.8, 4) is 27.9 Å². The number of hydrogen-bond acceptors (Lipinski definition) is 2. The third-order valence-electron chi connectivity index (χ3n) is 9.00. The van der Waals surface area contributed by atoms with Crippen LogP contribution in [-0.4, -0.2) is 4.57 Å². The number of hydrogen-bond donors (Lipinski definition) is 0. The zero-order valence-electron chi connectivity index (χ0n) is 24.5. The van der Waals surface area contributed by atoms with Gasteiger partial charge in [-0.3, -0.25) is 0 Å². The fourth-order valence-corrected chi connectivity index (χ4v) is 8.26. The molecule has 0 atom stereocenters. The predicted molar refractivity (Wildman–Crippen MR) is 189 cm³/mol. The molecule has 0 N–H and O–H groups in total. The summed E-state index contributed by atoms with van der Waals surface area (Å²) < 4.78 is 11.4. The number of rotatable bonds is 3. The molecule has 46 heavy (non-hydrogen) atoms. The third-order valence-corrected chi connectivity index (χ3v) is 10.2. The van der Waals surface area contributed by atoms with Crippen molar-refractivity contribution in [2.45, 2.75) is 0 Å². The van der Waals surface area contributed by atoms with Crippen molar-refractivity contribution in [1.82, 2.24) is 4.57 Å². The van der Waals surface area contributed by atoms with Crippen molar-refractivity contribution in [3.05, 3.63) is 152 Å². The minimum Gasteiger partial charge on any atom is -0.463 e. The second-order valence-corrected chi connectivity index (χ2v) is 12.6. The molecule has 0 saturated carbocycles. The van der Waals surface area contributed by atoms with Crippen LogP contribution < -0.4 is 0 Å². The molecule has 0 aliphatic heterocycles. The Hall–Kier alpha value is -4.59. The van der Waals surface area contributed by atoms with Gasteiger partial charge in [-0.2, -0.15) is 35.9 Å². The average molecular weight is 828 g/mol. The predicted octanol–water partition coefficient (Wildman–Crippen LogP) is 12.0. The Bertz CT molecular complexity index is 2780. The first-order chi connectivity index (χ1) is 22.3. The minimum absolute atomic E-state index is 0. The molecule has 10 rings (SSSR count). The van der Waals surface area contributed by atoms with E-state index in [4.69, 9.17) is 4.42 Å². The molecule has 0 aliphatic carbocycles. The SMILES string of the molecule is [U+2].[c-]1ccc(-n2c3ccccc3c3c4sc5ccccc5c4ccc32)cc1-c1[c-]c(-c2cccc3c2oc2ccccc23)ccc1. The molecule has 0 spiro atoms. The van der Waals surface area contributed by atoms with Crippen molar-refractivity contribution in [1.29, 1.82) is 0 Å². The van der Waals surface area contributed by atoms with Crippen LogP contribution in [0.2, 0.25) is 0 Å². The second-order valence-electron chi connectivity index (χ2n) is 11.5. The van der Waals surface area contributed by atoms with E-state index in [2.05, 4.69) is 138 Å². The monoisotopic (exact) mass is 827 g/mol. The Labute approximate surface area is 292 Å². The maximum atomic E-state index is 6.35. The molecule has 4 heteroatoms. The molecule has 3 heterocycles. The summed E-state index contributed by atoms with van der Waals surface area (Å²) in [4.78, 5) is 0. The Morgan fingerprint density at radius 1 is 0.565 bits per heavy atom. The topological polar surface area (TPSA) is 18.1 Å². The van der Waals surface area contributed by atoms with Crippen molar-refractivity contribution >= 4 is 75.3 Å². The maximum absolute atomic E-state index is 6.35. The average Bonchev–Trinajstić information content (AvgIpc) is 3.78. The summed E-state index contributed by atoms with van der Waals surface area (Å²) >= 11 is 1.88. The first kappa shape index (κ1) is 27.7. The number of aromatic nitrogens is 1. The van der Waals surface area contributed by atoms with Crippen LogP contribution in [-0.2, 0) is 0 Å². The van der Waals surface area contributed by atoms with E-state index in [1.54, 1.807) is 0 Å². The number of thiophene rings is 1. The van der Waals surface area contributed by atoms with E-state index in [9.17, 15) is 0 Å². The Morgan fingerprint density at radius 3 is 2.26 bits per heavy atom. The van der Waals surface area contributed by atoms with Gasteiger partial charge in [-0.1, -0.05) is 78.9 Å². The molecule has 0 radical (unpaired) electrons. The summed E-state index contributed by atoms with van der Waals surface area (Å²) in [5.74, 6) is 0. The van der Waals surface area contributed by atoms with Crippen molar-refractivity contribution in [3.63, 3.8) is 0 Å². The maximum Gasteiger partial charge on any atom is 2.00 e. The second kappa shape index (κ2) is 10.8. The van der Waals surface area contributed by atoms with Crippen molar-refractivity contribution < 1.29 is 35.5 Å². The number of para-hydroxylation sites is 3. The van der Waals surface area contributed by atoms with Gasteiger partial charge in [-0.05, 0) is 35.5 Å². The quantitative estimate of drug-likeness (QED) is 0.162. The molecule has 0 saturated heterocycles. The molecular formula is C42H23NOSU. The van der Waals surface area contributed by atoms with Gasteiger partial charge in [0.25, 0.3) is 0 Å². The van der Waals surface area contributed by atoms with Gasteiger partial charge in [0, 0.05) is 41.7 Å². The molecule has 10 aromatic rings. The number of benzene rings is 7. The van der Waals surface area contributed by atoms with Gasteiger partial charge < -0.3 is 8.98 Å². The van der Waals surface area contributed by atoms with Gasteiger partial charge in [-0.15, -0.1) is 35.1 Å². The zero-order valence-corrected chi connectivity index (χ0v) is 29.5. The van der Waals surface area contributed by atoms with Crippen LogP contribution in [0.1, 0.15) is 0 Å². The molecule has 0 amide bonds. The molecule has 0 fully saturated rings. The summed E-state index contributed by atoms with van der Waals surface area (Å²) in [6.45, 7) is 0. The van der Waals surface area contributed by atoms with Crippen LogP contribution in [0.15, 0.2) is 144 Å². The van der Waals surface area contributed by atoms with Crippen LogP contribution in [0, 0.1) is 43.2 Å². The third kappa shape index (κ3) is 4.08. The fourth-order valence-electron chi connectivity index (χ4n) is 7.00. The summed E-state index contributed by atoms with van der Waals surface area (Å²) in [6, 6.07) is 56.6. The number of nitrogens with zero attached hydrogens (tertiary/aromatic N) is 1. The normalized spacial score (nSPS) is 11.7. The summed E-state index contributed by atoms with van der Waals surface area (Å²) in [7, 11) is 0. The molecule has 3 aromatic heterocycles. The first-order valence-electron chi connectivity index (χ1n) is 15.1. The Balaban J connectivity index is 0.00000292. The van der Waals surface area contributed by atoms with Gasteiger partial charge >= 0.3 is 31.1 Å². The molecule has 7 aromatic carbocycles. The van der Waals surface area contributed by atoms with Gasteiger partial charge in [0.1, 0.15) is 11.2 Å². The van der Waals surface area contributed by atoms with Gasteiger partial charge in [0.15, 0.2) is 0 Å². The molecule has 0 aliphatic rings. The largest absolute Gasteiger partial charge is 2.00 e. The van der Waals surface area contributed by atoms with Gasteiger partial charge in [0.2, 0.25) is 0 Å². The Morgan fingerprint density at radius 2 is 1.33 bits per heavy atom. The van der Waals surface area contributed by atoms with Gasteiger partial charge in [0.05, 0.1) is 11.0 Å². The smallest absolute Gasteiger partial charge is 0.463 e. The fraction of sp³-hybridized carbons (Fsp3) is 0. The number of fused-ring (bicyclic) bond motifs is 10. The van der Waals surface area contributed by atoms with Crippen LogP contribution in [0.25, 0.3) is 91.9 Å². The molecular weight excluding hydrogens is 805 g/mol. The standard InChI is InChI=1S/C42H23NOS.U/c1-4-19-36-35(16-1)40-37(23-22-34-32-15-3-6-21-39(32)45-42(34)40)43(36)29-13-8-11-27(25-29)26-10-7-12-28(24-26)30-17-9-18-33-31-14-2-5-20-38(31)44-41(30)33;/h1-10,12-23,25H;/q-2;+2. The minimum atomic E-state index is 0. The molecule has 212 valence electrons. The molecule has 0 bridgehead atoms. The summed E-state index contributed by atoms with van der Waals surface area (Å²) in [5, 5.41) is 7.47. The van der Waals surface area contributed by atoms with E-state index in [1.807, 2.05) is 29.5 Å².